The van der Waals surface area contributed by atoms with Gasteiger partial charge in [0.1, 0.15) is 11.9 Å². The molecule has 0 bridgehead atoms. The van der Waals surface area contributed by atoms with Gasteiger partial charge in [0.15, 0.2) is 5.82 Å². The molecule has 56 valence electrons. The SMILES string of the molecule is O=C1N=Nc2ncncc21.[Cl-].[H+]. The van der Waals surface area contributed by atoms with Crippen molar-refractivity contribution in [3.63, 3.8) is 0 Å². The molecule has 1 amide bonds. The van der Waals surface area contributed by atoms with Crippen LogP contribution in [0.4, 0.5) is 5.82 Å². The molecule has 0 atom stereocenters. The van der Waals surface area contributed by atoms with Crippen molar-refractivity contribution in [2.24, 2.45) is 10.2 Å². The number of carbonyl (C=O) groups is 1. The summed E-state index contributed by atoms with van der Waals surface area (Å²) in [4.78, 5) is 18.1. The van der Waals surface area contributed by atoms with Gasteiger partial charge in [-0.15, -0.1) is 10.2 Å². The van der Waals surface area contributed by atoms with Crippen LogP contribution in [-0.2, 0) is 0 Å². The zero-order valence-electron chi connectivity index (χ0n) is 6.23. The molecule has 0 spiro atoms. The molecule has 0 N–H and O–H groups in total. The fourth-order valence-corrected chi connectivity index (χ4v) is 0.700. The summed E-state index contributed by atoms with van der Waals surface area (Å²) in [5.74, 6) is -0.00407. The van der Waals surface area contributed by atoms with E-state index in [0.717, 1.165) is 0 Å². The Morgan fingerprint density at radius 3 is 2.91 bits per heavy atom. The number of rotatable bonds is 0. The highest BCUT2D eigenvalue weighted by molar-refractivity contribution is 6.00. The van der Waals surface area contributed by atoms with E-state index in [9.17, 15) is 4.79 Å². The quantitative estimate of drug-likeness (QED) is 0.445. The summed E-state index contributed by atoms with van der Waals surface area (Å²) >= 11 is 0. The van der Waals surface area contributed by atoms with Crippen molar-refractivity contribution >= 4 is 11.7 Å². The summed E-state index contributed by atoms with van der Waals surface area (Å²) in [7, 11) is 0. The third-order valence-electron chi connectivity index (χ3n) is 1.16. The molecule has 5 nitrogen and oxygen atoms in total. The Bertz CT molecular complexity index is 329. The maximum absolute atomic E-state index is 10.7. The lowest BCUT2D eigenvalue weighted by Crippen LogP contribution is -3.00. The van der Waals surface area contributed by atoms with Crippen LogP contribution in [0.3, 0.4) is 0 Å². The lowest BCUT2D eigenvalue weighted by atomic mass is 10.3. The third-order valence-corrected chi connectivity index (χ3v) is 1.16. The number of amides is 1. The van der Waals surface area contributed by atoms with E-state index in [-0.39, 0.29) is 19.7 Å². The zero-order chi connectivity index (χ0) is 6.97. The molecule has 0 saturated heterocycles. The van der Waals surface area contributed by atoms with Gasteiger partial charge in [-0.1, -0.05) is 0 Å². The lowest BCUT2D eigenvalue weighted by molar-refractivity contribution is -0.0000102. The minimum Gasteiger partial charge on any atom is -1.00 e. The predicted octanol–water partition coefficient (Wildman–Crippen LogP) is -2.17. The molecule has 11 heavy (non-hydrogen) atoms. The number of hydrogen-bond acceptors (Lipinski definition) is 4. The predicted molar refractivity (Wildman–Crippen MR) is 32.0 cm³/mol. The summed E-state index contributed by atoms with van der Waals surface area (Å²) in [5, 5.41) is 6.79. The number of fused-ring (bicyclic) bond motifs is 1. The molecule has 1 aliphatic rings. The number of azo groups is 1. The summed E-state index contributed by atoms with van der Waals surface area (Å²) in [6.45, 7) is 0. The Hall–Kier alpha value is -1.36. The number of aromatic nitrogens is 2. The highest BCUT2D eigenvalue weighted by Crippen LogP contribution is 2.21. The molecule has 6 heteroatoms. The summed E-state index contributed by atoms with van der Waals surface area (Å²) in [6, 6.07) is 0. The number of carbonyl (C=O) groups excluding carboxylic acids is 1. The van der Waals surface area contributed by atoms with Gasteiger partial charge in [-0.05, 0) is 0 Å². The van der Waals surface area contributed by atoms with E-state index < -0.39 is 0 Å². The van der Waals surface area contributed by atoms with Crippen molar-refractivity contribution < 1.29 is 18.6 Å². The van der Waals surface area contributed by atoms with Crippen LogP contribution in [0.5, 0.6) is 0 Å². The van der Waals surface area contributed by atoms with Gasteiger partial charge in [0, 0.05) is 6.20 Å². The van der Waals surface area contributed by atoms with Crippen LogP contribution in [0.15, 0.2) is 22.8 Å². The van der Waals surface area contributed by atoms with E-state index in [0.29, 0.717) is 11.4 Å². The normalized spacial score (nSPS) is 12.5. The Labute approximate surface area is 69.5 Å². The van der Waals surface area contributed by atoms with E-state index in [4.69, 9.17) is 0 Å². The lowest BCUT2D eigenvalue weighted by Gasteiger charge is -1.86. The average molecular weight is 171 g/mol. The Morgan fingerprint density at radius 2 is 2.18 bits per heavy atom. The highest BCUT2D eigenvalue weighted by Gasteiger charge is 2.17. The zero-order valence-corrected chi connectivity index (χ0v) is 5.99. The van der Waals surface area contributed by atoms with Crippen molar-refractivity contribution in [3.8, 4) is 0 Å². The first-order valence-corrected chi connectivity index (χ1v) is 2.64. The van der Waals surface area contributed by atoms with Gasteiger partial charge in [0.05, 0.1) is 0 Å². The summed E-state index contributed by atoms with van der Waals surface area (Å²) < 4.78 is 0. The second-order valence-corrected chi connectivity index (χ2v) is 1.77. The molecule has 0 saturated carbocycles. The molecule has 2 rings (SSSR count). The largest absolute Gasteiger partial charge is 1.00 e. The molecule has 0 aliphatic carbocycles. The molecule has 0 fully saturated rings. The maximum atomic E-state index is 10.7. The minimum atomic E-state index is -0.365. The van der Waals surface area contributed by atoms with Crippen LogP contribution in [0.25, 0.3) is 0 Å². The van der Waals surface area contributed by atoms with E-state index >= 15 is 0 Å². The van der Waals surface area contributed by atoms with Gasteiger partial charge >= 0.3 is 7.33 Å². The average Bonchev–Trinajstić information content (AvgIpc) is 2.34. The van der Waals surface area contributed by atoms with Gasteiger partial charge in [-0.3, -0.25) is 4.79 Å². The van der Waals surface area contributed by atoms with Crippen LogP contribution >= 0.6 is 0 Å². The van der Waals surface area contributed by atoms with Crippen LogP contribution in [0.2, 0.25) is 0 Å². The van der Waals surface area contributed by atoms with Crippen LogP contribution in [-0.4, -0.2) is 15.9 Å². The first kappa shape index (κ1) is 7.74. The number of hydrogen-bond donors (Lipinski definition) is 0. The second kappa shape index (κ2) is 2.71. The van der Waals surface area contributed by atoms with Crippen molar-refractivity contribution in [2.45, 2.75) is 0 Å². The van der Waals surface area contributed by atoms with Gasteiger partial charge < -0.3 is 12.4 Å². The van der Waals surface area contributed by atoms with Crippen molar-refractivity contribution in [1.29, 1.82) is 0 Å². The Balaban J connectivity index is 0.000000605. The topological polar surface area (TPSA) is 67.6 Å². The molecule has 0 radical (unpaired) electrons. The van der Waals surface area contributed by atoms with Crippen LogP contribution < -0.4 is 12.4 Å². The van der Waals surface area contributed by atoms with Crippen molar-refractivity contribution in [3.05, 3.63) is 18.1 Å². The Kier molecular flexibility index (Phi) is 1.91. The molecule has 0 unspecified atom stereocenters. The van der Waals surface area contributed by atoms with Crippen molar-refractivity contribution in [2.75, 3.05) is 0 Å². The molecule has 1 aromatic rings. The Morgan fingerprint density at radius 1 is 1.36 bits per heavy atom. The molecule has 0 aromatic carbocycles. The standard InChI is InChI=1S/C5H2N4O.ClH/c10-5-3-1-6-2-7-4(3)8-9-5;/h1-2H;1H. The molecule has 1 aliphatic heterocycles. The first-order chi connectivity index (χ1) is 4.88. The number of nitrogens with zero attached hydrogens (tertiary/aromatic N) is 4. The van der Waals surface area contributed by atoms with E-state index in [1.54, 1.807) is 0 Å². The molecule has 2 heterocycles. The fraction of sp³-hybridized carbons (Fsp3) is 0. The monoisotopic (exact) mass is 170 g/mol. The van der Waals surface area contributed by atoms with Gasteiger partial charge in [-0.25, -0.2) is 9.97 Å². The summed E-state index contributed by atoms with van der Waals surface area (Å²) in [6.07, 6.45) is 2.74. The summed E-state index contributed by atoms with van der Waals surface area (Å²) in [5.41, 5.74) is 0.377. The van der Waals surface area contributed by atoms with E-state index in [2.05, 4.69) is 20.2 Å². The fourth-order valence-electron chi connectivity index (χ4n) is 0.700. The molecular weight excluding hydrogens is 168 g/mol. The second-order valence-electron chi connectivity index (χ2n) is 1.77. The van der Waals surface area contributed by atoms with Crippen LogP contribution in [0, 0.1) is 0 Å². The highest BCUT2D eigenvalue weighted by atomic mass is 35.5. The number of halogens is 1. The first-order valence-electron chi connectivity index (χ1n) is 2.64. The maximum Gasteiger partial charge on any atom is 1.00 e. The molecular formula is C5H3ClN4O. The van der Waals surface area contributed by atoms with E-state index in [1.165, 1.54) is 12.5 Å². The van der Waals surface area contributed by atoms with E-state index in [1.807, 2.05) is 0 Å². The minimum absolute atomic E-state index is 0. The van der Waals surface area contributed by atoms with Crippen molar-refractivity contribution in [1.82, 2.24) is 9.97 Å². The third kappa shape index (κ3) is 1.10. The van der Waals surface area contributed by atoms with Gasteiger partial charge in [0.2, 0.25) is 0 Å². The van der Waals surface area contributed by atoms with Crippen LogP contribution in [0.1, 0.15) is 11.8 Å². The van der Waals surface area contributed by atoms with Gasteiger partial charge in [-0.2, -0.15) is 0 Å². The van der Waals surface area contributed by atoms with Gasteiger partial charge in [0.25, 0.3) is 0 Å². The molecule has 1 aromatic heterocycles. The smallest absolute Gasteiger partial charge is 1.00 e.